The highest BCUT2D eigenvalue weighted by Crippen LogP contribution is 2.19. The molecule has 0 spiro atoms. The summed E-state index contributed by atoms with van der Waals surface area (Å²) in [5.41, 5.74) is 2.35. The Balaban J connectivity index is 2.93. The van der Waals surface area contributed by atoms with E-state index in [0.717, 1.165) is 44.0 Å². The summed E-state index contributed by atoms with van der Waals surface area (Å²) < 4.78 is 0. The maximum absolute atomic E-state index is 5.01. The minimum atomic E-state index is 0.415. The third kappa shape index (κ3) is 5.28. The summed E-state index contributed by atoms with van der Waals surface area (Å²) in [6.45, 7) is 20.6. The normalized spacial score (nSPS) is 20.9. The lowest BCUT2D eigenvalue weighted by atomic mass is 9.97. The van der Waals surface area contributed by atoms with E-state index < -0.39 is 0 Å². The Morgan fingerprint density at radius 2 is 2.05 bits per heavy atom. The second-order valence-corrected chi connectivity index (χ2v) is 6.90. The molecule has 0 amide bonds. The summed E-state index contributed by atoms with van der Waals surface area (Å²) in [6.07, 6.45) is 4.30. The van der Waals surface area contributed by atoms with Crippen LogP contribution in [0.1, 0.15) is 54.4 Å². The van der Waals surface area contributed by atoms with Crippen LogP contribution in [0.2, 0.25) is 0 Å². The Morgan fingerprint density at radius 1 is 1.36 bits per heavy atom. The van der Waals surface area contributed by atoms with Crippen molar-refractivity contribution >= 4 is 5.71 Å². The van der Waals surface area contributed by atoms with Gasteiger partial charge in [0.05, 0.1) is 0 Å². The number of hydrogen-bond donors (Lipinski definition) is 1. The minimum absolute atomic E-state index is 0.415. The highest BCUT2D eigenvalue weighted by Gasteiger charge is 2.23. The van der Waals surface area contributed by atoms with Gasteiger partial charge in [0.1, 0.15) is 5.82 Å². The summed E-state index contributed by atoms with van der Waals surface area (Å²) >= 11 is 0. The number of nitrogens with zero attached hydrogens (tertiary/aromatic N) is 2. The van der Waals surface area contributed by atoms with Crippen LogP contribution in [0.5, 0.6) is 0 Å². The molecule has 1 fully saturated rings. The van der Waals surface area contributed by atoms with Gasteiger partial charge < -0.3 is 10.2 Å². The van der Waals surface area contributed by atoms with Crippen molar-refractivity contribution in [1.82, 2.24) is 10.2 Å². The Hall–Kier alpha value is -1.09. The summed E-state index contributed by atoms with van der Waals surface area (Å²) in [5, 5.41) is 3.61. The van der Waals surface area contributed by atoms with Crippen LogP contribution < -0.4 is 5.32 Å². The molecule has 1 atom stereocenters. The smallest absolute Gasteiger partial charge is 0.124 e. The van der Waals surface area contributed by atoms with Gasteiger partial charge in [0.25, 0.3) is 0 Å². The SMILES string of the molecule is C=C(CCC)C(=N/C(=C\C)N1CCNC(C(C)C)C1)C(C)C. The first-order valence-corrected chi connectivity index (χ1v) is 8.82. The topological polar surface area (TPSA) is 27.6 Å². The van der Waals surface area contributed by atoms with Crippen LogP contribution >= 0.6 is 0 Å². The first-order chi connectivity index (χ1) is 10.4. The molecule has 0 aromatic rings. The fourth-order valence-corrected chi connectivity index (χ4v) is 2.92. The van der Waals surface area contributed by atoms with E-state index in [9.17, 15) is 0 Å². The van der Waals surface area contributed by atoms with E-state index in [1.165, 1.54) is 5.57 Å². The molecule has 1 saturated heterocycles. The third-order valence-corrected chi connectivity index (χ3v) is 4.29. The molecule has 3 heteroatoms. The lowest BCUT2D eigenvalue weighted by Gasteiger charge is -2.37. The lowest BCUT2D eigenvalue weighted by Crippen LogP contribution is -2.52. The standard InChI is InChI=1S/C19H35N3/c1-8-10-16(7)19(15(5)6)21-18(9-2)22-12-11-20-17(13-22)14(3)4/h9,14-15,17,20H,7-8,10-13H2,1-6H3/b18-9+,21-19?. The number of hydrogen-bond acceptors (Lipinski definition) is 3. The largest absolute Gasteiger partial charge is 0.354 e. The van der Waals surface area contributed by atoms with Crippen LogP contribution in [-0.2, 0) is 0 Å². The Labute approximate surface area is 137 Å². The zero-order chi connectivity index (χ0) is 16.7. The molecule has 22 heavy (non-hydrogen) atoms. The monoisotopic (exact) mass is 305 g/mol. The van der Waals surface area contributed by atoms with Gasteiger partial charge >= 0.3 is 0 Å². The van der Waals surface area contributed by atoms with E-state index in [2.05, 4.69) is 64.4 Å². The van der Waals surface area contributed by atoms with Gasteiger partial charge in [-0.3, -0.25) is 0 Å². The molecule has 0 aromatic carbocycles. The molecule has 3 nitrogen and oxygen atoms in total. The van der Waals surface area contributed by atoms with E-state index in [1.807, 2.05) is 0 Å². The summed E-state index contributed by atoms with van der Waals surface area (Å²) in [7, 11) is 0. The molecule has 1 rings (SSSR count). The molecule has 0 aromatic heterocycles. The molecule has 0 saturated carbocycles. The maximum atomic E-state index is 5.01. The predicted molar refractivity (Wildman–Crippen MR) is 98.3 cm³/mol. The average Bonchev–Trinajstić information content (AvgIpc) is 2.48. The fraction of sp³-hybridized carbons (Fsp3) is 0.737. The van der Waals surface area contributed by atoms with Crippen molar-refractivity contribution in [2.75, 3.05) is 19.6 Å². The number of aliphatic imine (C=N–C) groups is 1. The highest BCUT2D eigenvalue weighted by atomic mass is 15.3. The van der Waals surface area contributed by atoms with Crippen molar-refractivity contribution in [2.24, 2.45) is 16.8 Å². The van der Waals surface area contributed by atoms with Gasteiger partial charge in [-0.2, -0.15) is 0 Å². The van der Waals surface area contributed by atoms with Crippen molar-refractivity contribution in [3.8, 4) is 0 Å². The van der Waals surface area contributed by atoms with E-state index in [4.69, 9.17) is 4.99 Å². The quantitative estimate of drug-likeness (QED) is 0.713. The molecular formula is C19H35N3. The van der Waals surface area contributed by atoms with Crippen LogP contribution in [0.25, 0.3) is 0 Å². The number of allylic oxidation sites excluding steroid dienone is 2. The average molecular weight is 306 g/mol. The van der Waals surface area contributed by atoms with Crippen LogP contribution in [-0.4, -0.2) is 36.3 Å². The Bertz CT molecular complexity index is 418. The van der Waals surface area contributed by atoms with Crippen molar-refractivity contribution < 1.29 is 0 Å². The van der Waals surface area contributed by atoms with E-state index in [0.29, 0.717) is 17.9 Å². The maximum Gasteiger partial charge on any atom is 0.124 e. The number of rotatable bonds is 7. The van der Waals surface area contributed by atoms with Gasteiger partial charge in [0.15, 0.2) is 0 Å². The van der Waals surface area contributed by atoms with Crippen molar-refractivity contribution in [3.63, 3.8) is 0 Å². The van der Waals surface area contributed by atoms with Crippen LogP contribution in [0.15, 0.2) is 29.0 Å². The first-order valence-electron chi connectivity index (χ1n) is 8.82. The zero-order valence-corrected chi connectivity index (χ0v) is 15.4. The van der Waals surface area contributed by atoms with E-state index in [-0.39, 0.29) is 0 Å². The summed E-state index contributed by atoms with van der Waals surface area (Å²) in [5.74, 6) is 2.16. The Morgan fingerprint density at radius 3 is 2.55 bits per heavy atom. The van der Waals surface area contributed by atoms with Gasteiger partial charge in [0, 0.05) is 31.4 Å². The van der Waals surface area contributed by atoms with Crippen LogP contribution in [0, 0.1) is 11.8 Å². The van der Waals surface area contributed by atoms with Gasteiger partial charge in [0.2, 0.25) is 0 Å². The number of piperazine rings is 1. The summed E-state index contributed by atoms with van der Waals surface area (Å²) in [6, 6.07) is 0.542. The van der Waals surface area contributed by atoms with E-state index >= 15 is 0 Å². The van der Waals surface area contributed by atoms with Gasteiger partial charge in [-0.1, -0.05) is 47.6 Å². The molecule has 1 aliphatic rings. The van der Waals surface area contributed by atoms with Crippen LogP contribution in [0.3, 0.4) is 0 Å². The third-order valence-electron chi connectivity index (χ3n) is 4.29. The number of nitrogens with one attached hydrogen (secondary N) is 1. The summed E-state index contributed by atoms with van der Waals surface area (Å²) in [4.78, 5) is 7.43. The predicted octanol–water partition coefficient (Wildman–Crippen LogP) is 4.23. The molecule has 0 bridgehead atoms. The zero-order valence-electron chi connectivity index (χ0n) is 15.4. The van der Waals surface area contributed by atoms with Crippen molar-refractivity contribution in [1.29, 1.82) is 0 Å². The highest BCUT2D eigenvalue weighted by molar-refractivity contribution is 6.01. The second kappa shape index (κ2) is 9.14. The lowest BCUT2D eigenvalue weighted by molar-refractivity contribution is 0.212. The first kappa shape index (κ1) is 19.0. The molecule has 0 radical (unpaired) electrons. The van der Waals surface area contributed by atoms with Gasteiger partial charge in [-0.25, -0.2) is 4.99 Å². The molecule has 1 heterocycles. The van der Waals surface area contributed by atoms with Gasteiger partial charge in [-0.15, -0.1) is 0 Å². The molecule has 0 aliphatic carbocycles. The van der Waals surface area contributed by atoms with Crippen LogP contribution in [0.4, 0.5) is 0 Å². The van der Waals surface area contributed by atoms with Crippen molar-refractivity contribution in [2.45, 2.75) is 60.4 Å². The molecule has 1 N–H and O–H groups in total. The molecule has 1 unspecified atom stereocenters. The minimum Gasteiger partial charge on any atom is -0.354 e. The van der Waals surface area contributed by atoms with E-state index in [1.54, 1.807) is 0 Å². The fourth-order valence-electron chi connectivity index (χ4n) is 2.92. The Kier molecular flexibility index (Phi) is 7.88. The van der Waals surface area contributed by atoms with Gasteiger partial charge in [-0.05, 0) is 36.8 Å². The molecule has 126 valence electrons. The van der Waals surface area contributed by atoms with Crippen molar-refractivity contribution in [3.05, 3.63) is 24.0 Å². The second-order valence-electron chi connectivity index (χ2n) is 6.90. The molecule has 1 aliphatic heterocycles. The molecular weight excluding hydrogens is 270 g/mol.